The Morgan fingerprint density at radius 1 is 1.12 bits per heavy atom. The van der Waals surface area contributed by atoms with E-state index in [2.05, 4.69) is 15.4 Å². The van der Waals surface area contributed by atoms with E-state index in [1.54, 1.807) is 4.90 Å². The number of nitrogens with one attached hydrogen (secondary N) is 2. The van der Waals surface area contributed by atoms with Crippen LogP contribution in [-0.4, -0.2) is 67.1 Å². The van der Waals surface area contributed by atoms with Gasteiger partial charge in [-0.15, -0.1) is 0 Å². The third-order valence-electron chi connectivity index (χ3n) is 4.30. The van der Waals surface area contributed by atoms with Gasteiger partial charge >= 0.3 is 12.6 Å². The largest absolute Gasteiger partial charge is 0.435 e. The first-order valence-electron chi connectivity index (χ1n) is 8.62. The highest BCUT2D eigenvalue weighted by molar-refractivity contribution is 5.89. The van der Waals surface area contributed by atoms with E-state index in [1.807, 2.05) is 4.90 Å². The Morgan fingerprint density at radius 2 is 1.77 bits per heavy atom. The van der Waals surface area contributed by atoms with E-state index in [9.17, 15) is 18.4 Å². The summed E-state index contributed by atoms with van der Waals surface area (Å²) in [5.74, 6) is 0.0765. The minimum atomic E-state index is -2.88. The maximum absolute atomic E-state index is 12.3. The fraction of sp³-hybridized carbons (Fsp3) is 0.529. The van der Waals surface area contributed by atoms with Crippen molar-refractivity contribution in [3.8, 4) is 5.75 Å². The molecular weight excluding hydrogens is 346 g/mol. The molecule has 1 aliphatic carbocycles. The predicted octanol–water partition coefficient (Wildman–Crippen LogP) is 1.72. The van der Waals surface area contributed by atoms with Crippen LogP contribution in [0.3, 0.4) is 0 Å². The van der Waals surface area contributed by atoms with E-state index in [1.165, 1.54) is 24.3 Å². The molecule has 1 saturated carbocycles. The van der Waals surface area contributed by atoms with Gasteiger partial charge in [0.2, 0.25) is 5.91 Å². The molecule has 0 unspecified atom stereocenters. The smallest absolute Gasteiger partial charge is 0.387 e. The summed E-state index contributed by atoms with van der Waals surface area (Å²) in [6.07, 6.45) is 2.13. The van der Waals surface area contributed by atoms with Crippen LogP contribution in [0.15, 0.2) is 24.3 Å². The number of nitrogens with zero attached hydrogens (tertiary/aromatic N) is 2. The van der Waals surface area contributed by atoms with Crippen LogP contribution < -0.4 is 15.4 Å². The van der Waals surface area contributed by atoms with Crippen molar-refractivity contribution in [3.05, 3.63) is 24.3 Å². The normalized spacial score (nSPS) is 17.9. The molecule has 1 aliphatic heterocycles. The topological polar surface area (TPSA) is 73.9 Å². The molecule has 26 heavy (non-hydrogen) atoms. The molecular formula is C17H22F2N4O3. The first-order valence-corrected chi connectivity index (χ1v) is 8.62. The lowest BCUT2D eigenvalue weighted by Gasteiger charge is -2.34. The molecule has 3 rings (SSSR count). The van der Waals surface area contributed by atoms with Gasteiger partial charge in [0.1, 0.15) is 5.75 Å². The molecule has 1 aromatic carbocycles. The number of amides is 3. The lowest BCUT2D eigenvalue weighted by atomic mass is 10.3. The van der Waals surface area contributed by atoms with Gasteiger partial charge in [0.15, 0.2) is 0 Å². The summed E-state index contributed by atoms with van der Waals surface area (Å²) in [4.78, 5) is 27.8. The highest BCUT2D eigenvalue weighted by Crippen LogP contribution is 2.19. The summed E-state index contributed by atoms with van der Waals surface area (Å²) in [5.41, 5.74) is 0.503. The fourth-order valence-corrected chi connectivity index (χ4v) is 2.74. The number of benzene rings is 1. The Kier molecular flexibility index (Phi) is 5.87. The summed E-state index contributed by atoms with van der Waals surface area (Å²) < 4.78 is 28.5. The molecule has 0 bridgehead atoms. The summed E-state index contributed by atoms with van der Waals surface area (Å²) >= 11 is 0. The van der Waals surface area contributed by atoms with Crippen LogP contribution in [0.1, 0.15) is 12.8 Å². The molecule has 9 heteroatoms. The Hall–Kier alpha value is -2.42. The first-order chi connectivity index (χ1) is 12.5. The van der Waals surface area contributed by atoms with Crippen LogP contribution in [0.2, 0.25) is 0 Å². The summed E-state index contributed by atoms with van der Waals surface area (Å²) in [5, 5.41) is 5.68. The first kappa shape index (κ1) is 18.4. The summed E-state index contributed by atoms with van der Waals surface area (Å²) in [6, 6.07) is 5.86. The van der Waals surface area contributed by atoms with Crippen molar-refractivity contribution in [3.63, 3.8) is 0 Å². The molecule has 1 aromatic rings. The molecule has 0 spiro atoms. The minimum Gasteiger partial charge on any atom is -0.435 e. The number of anilines is 1. The quantitative estimate of drug-likeness (QED) is 0.802. The van der Waals surface area contributed by atoms with Gasteiger partial charge in [-0.3, -0.25) is 9.69 Å². The lowest BCUT2D eigenvalue weighted by Crippen LogP contribution is -2.52. The van der Waals surface area contributed by atoms with Crippen molar-refractivity contribution in [1.82, 2.24) is 15.1 Å². The van der Waals surface area contributed by atoms with Gasteiger partial charge < -0.3 is 20.3 Å². The predicted molar refractivity (Wildman–Crippen MR) is 91.3 cm³/mol. The highest BCUT2D eigenvalue weighted by Gasteiger charge is 2.26. The van der Waals surface area contributed by atoms with Crippen molar-refractivity contribution >= 4 is 17.6 Å². The maximum atomic E-state index is 12.3. The second-order valence-electron chi connectivity index (χ2n) is 6.44. The fourth-order valence-electron chi connectivity index (χ4n) is 2.74. The van der Waals surface area contributed by atoms with Gasteiger partial charge in [0, 0.05) is 37.9 Å². The van der Waals surface area contributed by atoms with Crippen LogP contribution in [0.5, 0.6) is 5.75 Å². The third kappa shape index (κ3) is 5.55. The Labute approximate surface area is 150 Å². The van der Waals surface area contributed by atoms with Crippen LogP contribution in [0, 0.1) is 0 Å². The van der Waals surface area contributed by atoms with E-state index in [0.717, 1.165) is 12.8 Å². The zero-order chi connectivity index (χ0) is 18.5. The average Bonchev–Trinajstić information content (AvgIpc) is 3.40. The zero-order valence-electron chi connectivity index (χ0n) is 14.3. The second kappa shape index (κ2) is 8.31. The van der Waals surface area contributed by atoms with Crippen molar-refractivity contribution in [2.45, 2.75) is 25.5 Å². The maximum Gasteiger partial charge on any atom is 0.387 e. The van der Waals surface area contributed by atoms with E-state index in [4.69, 9.17) is 0 Å². The Morgan fingerprint density at radius 3 is 2.35 bits per heavy atom. The third-order valence-corrected chi connectivity index (χ3v) is 4.30. The molecule has 2 fully saturated rings. The van der Waals surface area contributed by atoms with Crippen LogP contribution in [0.25, 0.3) is 0 Å². The number of carbonyl (C=O) groups is 2. The van der Waals surface area contributed by atoms with E-state index < -0.39 is 6.61 Å². The van der Waals surface area contributed by atoms with Crippen molar-refractivity contribution in [2.75, 3.05) is 38.0 Å². The zero-order valence-corrected chi connectivity index (χ0v) is 14.3. The Bertz CT molecular complexity index is 629. The van der Waals surface area contributed by atoms with Gasteiger partial charge in [-0.2, -0.15) is 8.78 Å². The van der Waals surface area contributed by atoms with Gasteiger partial charge in [-0.25, -0.2) is 4.79 Å². The average molecular weight is 368 g/mol. The lowest BCUT2D eigenvalue weighted by molar-refractivity contribution is -0.122. The number of hydrogen-bond donors (Lipinski definition) is 2. The van der Waals surface area contributed by atoms with Gasteiger partial charge in [0.05, 0.1) is 6.54 Å². The van der Waals surface area contributed by atoms with Crippen LogP contribution in [0.4, 0.5) is 19.3 Å². The Balaban J connectivity index is 1.40. The second-order valence-corrected chi connectivity index (χ2v) is 6.44. The van der Waals surface area contributed by atoms with E-state index in [-0.39, 0.29) is 17.7 Å². The monoisotopic (exact) mass is 368 g/mol. The molecule has 7 nitrogen and oxygen atoms in total. The molecule has 1 saturated heterocycles. The number of carbonyl (C=O) groups excluding carboxylic acids is 2. The SMILES string of the molecule is O=C(CN1CCN(C(=O)Nc2ccc(OC(F)F)cc2)CC1)NC1CC1. The number of piperazine rings is 1. The van der Waals surface area contributed by atoms with Crippen molar-refractivity contribution < 1.29 is 23.1 Å². The summed E-state index contributed by atoms with van der Waals surface area (Å²) in [6.45, 7) is -0.209. The number of alkyl halides is 2. The number of hydrogen-bond acceptors (Lipinski definition) is 4. The van der Waals surface area contributed by atoms with Crippen molar-refractivity contribution in [1.29, 1.82) is 0 Å². The molecule has 142 valence electrons. The van der Waals surface area contributed by atoms with E-state index in [0.29, 0.717) is 44.5 Å². The number of ether oxygens (including phenoxy) is 1. The number of halogens is 2. The van der Waals surface area contributed by atoms with E-state index >= 15 is 0 Å². The molecule has 0 radical (unpaired) electrons. The number of rotatable bonds is 6. The van der Waals surface area contributed by atoms with Crippen LogP contribution >= 0.6 is 0 Å². The molecule has 2 N–H and O–H groups in total. The molecule has 0 atom stereocenters. The molecule has 1 heterocycles. The number of urea groups is 1. The minimum absolute atomic E-state index is 0.0380. The van der Waals surface area contributed by atoms with Crippen molar-refractivity contribution in [2.24, 2.45) is 0 Å². The standard InChI is InChI=1S/C17H22F2N4O3/c18-16(19)26-14-5-3-13(4-6-14)21-17(25)23-9-7-22(8-10-23)11-15(24)20-12-1-2-12/h3-6,12,16H,1-2,7-11H2,(H,20,24)(H,21,25). The van der Waals surface area contributed by atoms with Crippen LogP contribution in [-0.2, 0) is 4.79 Å². The summed E-state index contributed by atoms with van der Waals surface area (Å²) in [7, 11) is 0. The molecule has 3 amide bonds. The molecule has 2 aliphatic rings. The highest BCUT2D eigenvalue weighted by atomic mass is 19.3. The van der Waals surface area contributed by atoms with Gasteiger partial charge in [-0.1, -0.05) is 0 Å². The van der Waals surface area contributed by atoms with Gasteiger partial charge in [0.25, 0.3) is 0 Å². The molecule has 0 aromatic heterocycles. The van der Waals surface area contributed by atoms with Gasteiger partial charge in [-0.05, 0) is 37.1 Å².